The Morgan fingerprint density at radius 1 is 1.67 bits per heavy atom. The maximum Gasteiger partial charge on any atom is 0.0925 e. The standard InChI is InChI=1S/C7H12N2S2.ClH/c1-6-7(9-5-8-6)4-11-3-2-10;/h5,10H,2-4H2,1H3,(H,8,9);1H. The number of aromatic amines is 1. The minimum atomic E-state index is 0. The molecule has 1 aromatic rings. The molecular formula is C7H13ClN2S2. The highest BCUT2D eigenvalue weighted by Gasteiger charge is 1.98. The predicted octanol–water partition coefficient (Wildman–Crippen LogP) is 2.30. The van der Waals surface area contributed by atoms with E-state index in [9.17, 15) is 0 Å². The second-order valence-electron chi connectivity index (χ2n) is 2.25. The number of thioether (sulfide) groups is 1. The molecule has 0 bridgehead atoms. The van der Waals surface area contributed by atoms with Gasteiger partial charge in [0.05, 0.1) is 12.0 Å². The number of imidazole rings is 1. The van der Waals surface area contributed by atoms with Crippen molar-refractivity contribution < 1.29 is 0 Å². The van der Waals surface area contributed by atoms with Gasteiger partial charge in [-0.15, -0.1) is 12.4 Å². The predicted molar refractivity (Wildman–Crippen MR) is 60.6 cm³/mol. The SMILES string of the molecule is Cc1[nH]cnc1CSCCS.Cl. The van der Waals surface area contributed by atoms with E-state index < -0.39 is 0 Å². The van der Waals surface area contributed by atoms with E-state index in [4.69, 9.17) is 0 Å². The van der Waals surface area contributed by atoms with Crippen molar-refractivity contribution in [3.05, 3.63) is 17.7 Å². The molecule has 2 nitrogen and oxygen atoms in total. The molecule has 0 radical (unpaired) electrons. The maximum absolute atomic E-state index is 4.19. The van der Waals surface area contributed by atoms with Crippen LogP contribution in [0.3, 0.4) is 0 Å². The summed E-state index contributed by atoms with van der Waals surface area (Å²) in [4.78, 5) is 7.24. The number of nitrogens with zero attached hydrogens (tertiary/aromatic N) is 1. The fourth-order valence-electron chi connectivity index (χ4n) is 0.766. The maximum atomic E-state index is 4.19. The number of hydrogen-bond acceptors (Lipinski definition) is 3. The summed E-state index contributed by atoms with van der Waals surface area (Å²) in [6.45, 7) is 2.05. The second-order valence-corrected chi connectivity index (χ2v) is 3.80. The summed E-state index contributed by atoms with van der Waals surface area (Å²) in [5, 5.41) is 0. The van der Waals surface area contributed by atoms with Crippen molar-refractivity contribution in [2.24, 2.45) is 0 Å². The van der Waals surface area contributed by atoms with E-state index in [1.807, 2.05) is 18.7 Å². The van der Waals surface area contributed by atoms with Gasteiger partial charge in [-0.05, 0) is 12.7 Å². The fourth-order valence-corrected chi connectivity index (χ4v) is 1.91. The molecule has 0 saturated heterocycles. The summed E-state index contributed by atoms with van der Waals surface area (Å²) >= 11 is 6.00. The van der Waals surface area contributed by atoms with Gasteiger partial charge in [-0.25, -0.2) is 4.98 Å². The summed E-state index contributed by atoms with van der Waals surface area (Å²) in [6.07, 6.45) is 1.74. The summed E-state index contributed by atoms with van der Waals surface area (Å²) in [5.41, 5.74) is 2.34. The molecule has 0 fully saturated rings. The molecule has 1 aromatic heterocycles. The van der Waals surface area contributed by atoms with Gasteiger partial charge in [-0.3, -0.25) is 0 Å². The lowest BCUT2D eigenvalue weighted by atomic mass is 10.4. The molecule has 0 aliphatic heterocycles. The lowest BCUT2D eigenvalue weighted by Crippen LogP contribution is -1.86. The number of aromatic nitrogens is 2. The highest BCUT2D eigenvalue weighted by molar-refractivity contribution is 7.99. The van der Waals surface area contributed by atoms with Crippen LogP contribution in [-0.2, 0) is 5.75 Å². The van der Waals surface area contributed by atoms with Gasteiger partial charge in [0.25, 0.3) is 0 Å². The van der Waals surface area contributed by atoms with Gasteiger partial charge in [0.15, 0.2) is 0 Å². The zero-order valence-corrected chi connectivity index (χ0v) is 9.44. The number of H-pyrrole nitrogens is 1. The Bertz CT molecular complexity index is 215. The monoisotopic (exact) mass is 224 g/mol. The fraction of sp³-hybridized carbons (Fsp3) is 0.571. The zero-order valence-electron chi connectivity index (χ0n) is 6.91. The average molecular weight is 225 g/mol. The summed E-state index contributed by atoms with van der Waals surface area (Å²) in [5.74, 6) is 3.03. The Labute approximate surface area is 88.8 Å². The normalized spacial score (nSPS) is 9.50. The Morgan fingerprint density at radius 3 is 2.92 bits per heavy atom. The zero-order chi connectivity index (χ0) is 8.10. The third kappa shape index (κ3) is 3.74. The third-order valence-corrected chi connectivity index (χ3v) is 2.91. The van der Waals surface area contributed by atoms with Gasteiger partial charge in [-0.1, -0.05) is 0 Å². The van der Waals surface area contributed by atoms with Gasteiger partial charge in [0, 0.05) is 17.2 Å². The highest BCUT2D eigenvalue weighted by Crippen LogP contribution is 2.11. The lowest BCUT2D eigenvalue weighted by molar-refractivity contribution is 1.19. The number of hydrogen-bond donors (Lipinski definition) is 2. The molecular weight excluding hydrogens is 212 g/mol. The van der Waals surface area contributed by atoms with Gasteiger partial charge in [0.1, 0.15) is 0 Å². The molecule has 1 rings (SSSR count). The molecule has 0 spiro atoms. The van der Waals surface area contributed by atoms with Crippen LogP contribution in [0.5, 0.6) is 0 Å². The Morgan fingerprint density at radius 2 is 2.42 bits per heavy atom. The van der Waals surface area contributed by atoms with Crippen molar-refractivity contribution in [3.8, 4) is 0 Å². The van der Waals surface area contributed by atoms with E-state index in [1.165, 1.54) is 5.69 Å². The van der Waals surface area contributed by atoms with Crippen molar-refractivity contribution in [2.75, 3.05) is 11.5 Å². The first kappa shape index (κ1) is 12.2. The number of rotatable bonds is 4. The molecule has 0 saturated carbocycles. The quantitative estimate of drug-likeness (QED) is 0.607. The highest BCUT2D eigenvalue weighted by atomic mass is 35.5. The third-order valence-electron chi connectivity index (χ3n) is 1.41. The molecule has 5 heteroatoms. The van der Waals surface area contributed by atoms with Crippen molar-refractivity contribution in [2.45, 2.75) is 12.7 Å². The molecule has 0 aliphatic carbocycles. The van der Waals surface area contributed by atoms with E-state index in [0.717, 1.165) is 23.0 Å². The smallest absolute Gasteiger partial charge is 0.0925 e. The minimum absolute atomic E-state index is 0. The summed E-state index contributed by atoms with van der Waals surface area (Å²) in [6, 6.07) is 0. The largest absolute Gasteiger partial charge is 0.348 e. The Kier molecular flexibility index (Phi) is 6.80. The molecule has 0 unspecified atom stereocenters. The number of nitrogens with one attached hydrogen (secondary N) is 1. The van der Waals surface area contributed by atoms with E-state index in [1.54, 1.807) is 6.33 Å². The molecule has 12 heavy (non-hydrogen) atoms. The number of halogens is 1. The van der Waals surface area contributed by atoms with E-state index >= 15 is 0 Å². The molecule has 0 atom stereocenters. The molecule has 0 amide bonds. The van der Waals surface area contributed by atoms with Gasteiger partial charge in [-0.2, -0.15) is 24.4 Å². The van der Waals surface area contributed by atoms with E-state index in [0.29, 0.717) is 0 Å². The van der Waals surface area contributed by atoms with E-state index in [2.05, 4.69) is 22.6 Å². The van der Waals surface area contributed by atoms with Gasteiger partial charge >= 0.3 is 0 Å². The Balaban J connectivity index is 0.00000121. The minimum Gasteiger partial charge on any atom is -0.348 e. The summed E-state index contributed by atoms with van der Waals surface area (Å²) < 4.78 is 0. The van der Waals surface area contributed by atoms with Crippen molar-refractivity contribution in [1.82, 2.24) is 9.97 Å². The van der Waals surface area contributed by atoms with Crippen LogP contribution < -0.4 is 0 Å². The van der Waals surface area contributed by atoms with Crippen LogP contribution in [0.4, 0.5) is 0 Å². The second kappa shape index (κ2) is 6.69. The topological polar surface area (TPSA) is 28.7 Å². The van der Waals surface area contributed by atoms with Crippen LogP contribution in [0.1, 0.15) is 11.4 Å². The summed E-state index contributed by atoms with van der Waals surface area (Å²) in [7, 11) is 0. The van der Waals surface area contributed by atoms with Crippen molar-refractivity contribution >= 4 is 36.8 Å². The first-order chi connectivity index (χ1) is 5.34. The van der Waals surface area contributed by atoms with Crippen LogP contribution in [-0.4, -0.2) is 21.5 Å². The molecule has 1 heterocycles. The van der Waals surface area contributed by atoms with Crippen molar-refractivity contribution in [1.29, 1.82) is 0 Å². The molecule has 1 N–H and O–H groups in total. The van der Waals surface area contributed by atoms with Gasteiger partial charge < -0.3 is 4.98 Å². The Hall–Kier alpha value is 0.200. The van der Waals surface area contributed by atoms with Crippen LogP contribution in [0.25, 0.3) is 0 Å². The van der Waals surface area contributed by atoms with Crippen molar-refractivity contribution in [3.63, 3.8) is 0 Å². The molecule has 0 aliphatic rings. The molecule has 70 valence electrons. The van der Waals surface area contributed by atoms with Crippen LogP contribution in [0, 0.1) is 6.92 Å². The first-order valence-electron chi connectivity index (χ1n) is 3.52. The molecule has 0 aromatic carbocycles. The lowest BCUT2D eigenvalue weighted by Gasteiger charge is -1.96. The average Bonchev–Trinajstić information content (AvgIpc) is 2.37. The van der Waals surface area contributed by atoms with Gasteiger partial charge in [0.2, 0.25) is 0 Å². The van der Waals surface area contributed by atoms with E-state index in [-0.39, 0.29) is 12.4 Å². The van der Waals surface area contributed by atoms with Crippen LogP contribution in [0.15, 0.2) is 6.33 Å². The number of aryl methyl sites for hydroxylation is 1. The van der Waals surface area contributed by atoms with Crippen LogP contribution in [0.2, 0.25) is 0 Å². The number of thiol groups is 1. The van der Waals surface area contributed by atoms with Crippen LogP contribution >= 0.6 is 36.8 Å². The first-order valence-corrected chi connectivity index (χ1v) is 5.30.